The van der Waals surface area contributed by atoms with E-state index in [1.165, 1.54) is 16.5 Å². The number of aromatic nitrogens is 1. The molecule has 0 aliphatic rings. The van der Waals surface area contributed by atoms with Crippen LogP contribution in [0.1, 0.15) is 18.9 Å². The average Bonchev–Trinajstić information content (AvgIpc) is 2.73. The van der Waals surface area contributed by atoms with Crippen LogP contribution in [-0.4, -0.2) is 22.6 Å². The molecule has 1 heterocycles. The first-order valence-corrected chi connectivity index (χ1v) is 8.44. The molecule has 1 aromatic carbocycles. The van der Waals surface area contributed by atoms with Crippen molar-refractivity contribution >= 4 is 34.3 Å². The first-order valence-electron chi connectivity index (χ1n) is 6.67. The number of nitrogens with zero attached hydrogens (tertiary/aromatic N) is 1. The molecule has 0 saturated carbocycles. The smallest absolute Gasteiger partial charge is 0.0498 e. The second kappa shape index (κ2) is 6.69. The van der Waals surface area contributed by atoms with Gasteiger partial charge in [0, 0.05) is 40.5 Å². The lowest BCUT2D eigenvalue weighted by atomic mass is 10.0. The second-order valence-corrected chi connectivity index (χ2v) is 6.30. The normalized spacial score (nSPS) is 13.1. The summed E-state index contributed by atoms with van der Waals surface area (Å²) in [6.07, 6.45) is 6.31. The number of benzene rings is 1. The third-order valence-corrected chi connectivity index (χ3v) is 4.30. The zero-order valence-corrected chi connectivity index (χ0v) is 13.1. The van der Waals surface area contributed by atoms with E-state index in [1.807, 2.05) is 17.8 Å². The van der Waals surface area contributed by atoms with Crippen LogP contribution in [0.3, 0.4) is 0 Å². The Morgan fingerprint density at radius 3 is 2.89 bits per heavy atom. The zero-order chi connectivity index (χ0) is 13.8. The summed E-state index contributed by atoms with van der Waals surface area (Å²) in [5.41, 5.74) is 8.65. The van der Waals surface area contributed by atoms with Crippen molar-refractivity contribution in [2.45, 2.75) is 32.4 Å². The fourth-order valence-electron chi connectivity index (χ4n) is 2.31. The maximum atomic E-state index is 6.12. The van der Waals surface area contributed by atoms with Gasteiger partial charge in [-0.1, -0.05) is 24.6 Å². The maximum absolute atomic E-state index is 6.12. The summed E-state index contributed by atoms with van der Waals surface area (Å²) in [6, 6.07) is 6.36. The topological polar surface area (TPSA) is 30.9 Å². The molecule has 0 amide bonds. The number of nitrogens with two attached hydrogens (primary N) is 1. The van der Waals surface area contributed by atoms with Crippen molar-refractivity contribution < 1.29 is 0 Å². The van der Waals surface area contributed by atoms with E-state index < -0.39 is 0 Å². The molecule has 104 valence electrons. The van der Waals surface area contributed by atoms with Gasteiger partial charge in [-0.05, 0) is 36.8 Å². The highest BCUT2D eigenvalue weighted by Crippen LogP contribution is 2.26. The Labute approximate surface area is 124 Å². The molecule has 1 unspecified atom stereocenters. The molecule has 19 heavy (non-hydrogen) atoms. The number of fused-ring (bicyclic) bond motifs is 1. The number of aryl methyl sites for hydroxylation is 1. The molecule has 2 aromatic rings. The lowest BCUT2D eigenvalue weighted by molar-refractivity contribution is 0.646. The van der Waals surface area contributed by atoms with Crippen LogP contribution in [0.5, 0.6) is 0 Å². The van der Waals surface area contributed by atoms with Crippen LogP contribution < -0.4 is 5.73 Å². The Morgan fingerprint density at radius 2 is 2.21 bits per heavy atom. The molecule has 1 aromatic heterocycles. The molecule has 0 aliphatic carbocycles. The summed E-state index contributed by atoms with van der Waals surface area (Å²) < 4.78 is 2.30. The first-order chi connectivity index (χ1) is 9.15. The van der Waals surface area contributed by atoms with E-state index in [0.717, 1.165) is 30.2 Å². The van der Waals surface area contributed by atoms with Crippen LogP contribution >= 0.6 is 23.4 Å². The Morgan fingerprint density at radius 1 is 1.42 bits per heavy atom. The monoisotopic (exact) mass is 296 g/mol. The van der Waals surface area contributed by atoms with E-state index in [0.29, 0.717) is 0 Å². The van der Waals surface area contributed by atoms with Crippen LogP contribution in [0.25, 0.3) is 10.9 Å². The van der Waals surface area contributed by atoms with Gasteiger partial charge in [0.05, 0.1) is 0 Å². The fraction of sp³-hybridized carbons (Fsp3) is 0.467. The highest BCUT2D eigenvalue weighted by atomic mass is 35.5. The van der Waals surface area contributed by atoms with E-state index >= 15 is 0 Å². The summed E-state index contributed by atoms with van der Waals surface area (Å²) in [5.74, 6) is 1.11. The molecule has 4 heteroatoms. The predicted octanol–water partition coefficient (Wildman–Crippen LogP) is 3.94. The van der Waals surface area contributed by atoms with Crippen molar-refractivity contribution in [3.05, 3.63) is 35.0 Å². The fourth-order valence-corrected chi connectivity index (χ4v) is 2.85. The van der Waals surface area contributed by atoms with Gasteiger partial charge >= 0.3 is 0 Å². The maximum Gasteiger partial charge on any atom is 0.0498 e. The number of thioether (sulfide) groups is 1. The lowest BCUT2D eigenvalue weighted by Crippen LogP contribution is -2.21. The van der Waals surface area contributed by atoms with Crippen molar-refractivity contribution in [3.8, 4) is 0 Å². The van der Waals surface area contributed by atoms with E-state index in [4.69, 9.17) is 17.3 Å². The van der Waals surface area contributed by atoms with Gasteiger partial charge in [0.15, 0.2) is 0 Å². The molecule has 1 atom stereocenters. The molecule has 0 spiro atoms. The summed E-state index contributed by atoms with van der Waals surface area (Å²) in [7, 11) is 0. The molecule has 0 aliphatic heterocycles. The Kier molecular flexibility index (Phi) is 5.20. The second-order valence-electron chi connectivity index (χ2n) is 4.87. The molecule has 0 radical (unpaired) electrons. The zero-order valence-electron chi connectivity index (χ0n) is 11.5. The van der Waals surface area contributed by atoms with Crippen LogP contribution in [0.15, 0.2) is 24.4 Å². The Hall–Kier alpha value is -0.640. The molecule has 2 rings (SSSR count). The molecular weight excluding hydrogens is 276 g/mol. The Bertz CT molecular complexity index is 550. The summed E-state index contributed by atoms with van der Waals surface area (Å²) in [6.45, 7) is 3.15. The van der Waals surface area contributed by atoms with Crippen LogP contribution in [0.2, 0.25) is 5.02 Å². The minimum atomic E-state index is 0.232. The van der Waals surface area contributed by atoms with Crippen LogP contribution in [-0.2, 0) is 13.0 Å². The van der Waals surface area contributed by atoms with Crippen molar-refractivity contribution in [3.63, 3.8) is 0 Å². The molecule has 2 nitrogen and oxygen atoms in total. The molecule has 0 saturated heterocycles. The summed E-state index contributed by atoms with van der Waals surface area (Å²) in [5, 5.41) is 2.08. The Balaban J connectivity index is 2.40. The summed E-state index contributed by atoms with van der Waals surface area (Å²) >= 11 is 7.98. The van der Waals surface area contributed by atoms with Crippen molar-refractivity contribution in [2.75, 3.05) is 12.0 Å². The van der Waals surface area contributed by atoms with E-state index in [2.05, 4.69) is 36.1 Å². The average molecular weight is 297 g/mol. The van der Waals surface area contributed by atoms with Crippen LogP contribution in [0, 0.1) is 0 Å². The van der Waals surface area contributed by atoms with E-state index in [1.54, 1.807) is 0 Å². The van der Waals surface area contributed by atoms with E-state index in [9.17, 15) is 0 Å². The van der Waals surface area contributed by atoms with Gasteiger partial charge in [-0.25, -0.2) is 0 Å². The number of rotatable bonds is 6. The number of hydrogen-bond donors (Lipinski definition) is 1. The van der Waals surface area contributed by atoms with Gasteiger partial charge in [-0.3, -0.25) is 0 Å². The van der Waals surface area contributed by atoms with E-state index in [-0.39, 0.29) is 6.04 Å². The van der Waals surface area contributed by atoms with Gasteiger partial charge in [0.2, 0.25) is 0 Å². The van der Waals surface area contributed by atoms with Gasteiger partial charge in [0.1, 0.15) is 0 Å². The standard InChI is InChI=1S/C15H21ClN2S/c1-3-13(17)8-11-10-18(6-7-19-2)15-9-12(16)4-5-14(11)15/h4-5,9-10,13H,3,6-8,17H2,1-2H3. The number of halogens is 1. The van der Waals surface area contributed by atoms with Gasteiger partial charge in [-0.2, -0.15) is 11.8 Å². The van der Waals surface area contributed by atoms with Gasteiger partial charge in [0.25, 0.3) is 0 Å². The molecule has 0 bridgehead atoms. The third kappa shape index (κ3) is 3.47. The van der Waals surface area contributed by atoms with Gasteiger partial charge < -0.3 is 10.3 Å². The highest BCUT2D eigenvalue weighted by molar-refractivity contribution is 7.98. The predicted molar refractivity (Wildman–Crippen MR) is 87.3 cm³/mol. The highest BCUT2D eigenvalue weighted by Gasteiger charge is 2.11. The SMILES string of the molecule is CCC(N)Cc1cn(CCSC)c2cc(Cl)ccc12. The minimum absolute atomic E-state index is 0.232. The van der Waals surface area contributed by atoms with Crippen molar-refractivity contribution in [2.24, 2.45) is 5.73 Å². The largest absolute Gasteiger partial charge is 0.346 e. The molecule has 2 N–H and O–H groups in total. The van der Waals surface area contributed by atoms with Gasteiger partial charge in [-0.15, -0.1) is 0 Å². The lowest BCUT2D eigenvalue weighted by Gasteiger charge is -2.06. The van der Waals surface area contributed by atoms with Crippen molar-refractivity contribution in [1.82, 2.24) is 4.57 Å². The van der Waals surface area contributed by atoms with Crippen LogP contribution in [0.4, 0.5) is 0 Å². The minimum Gasteiger partial charge on any atom is -0.346 e. The molecular formula is C15H21ClN2S. The summed E-state index contributed by atoms with van der Waals surface area (Å²) in [4.78, 5) is 0. The number of hydrogen-bond acceptors (Lipinski definition) is 2. The van der Waals surface area contributed by atoms with Crippen molar-refractivity contribution in [1.29, 1.82) is 0 Å². The molecule has 0 fully saturated rings. The first kappa shape index (κ1) is 14.8. The third-order valence-electron chi connectivity index (χ3n) is 3.47. The quantitative estimate of drug-likeness (QED) is 0.875.